The Kier molecular flexibility index (Phi) is 5.51. The standard InChI is InChI=1S/C16H20N2O6/c1-22-7-6-12-14(17-16(20)21)15(19)18(12)9-10-4-5-11(23-2)8-13(10)24-3/h4-8,12,14,17H,9H2,1-3H3,(H,20,21)/t12-,14+/m1/s1. The van der Waals surface area contributed by atoms with Crippen LogP contribution in [0.4, 0.5) is 4.79 Å². The molecule has 1 aliphatic heterocycles. The van der Waals surface area contributed by atoms with Crippen molar-refractivity contribution in [3.05, 3.63) is 36.1 Å². The normalized spacial score (nSPS) is 19.8. The first-order valence-electron chi connectivity index (χ1n) is 7.22. The van der Waals surface area contributed by atoms with Crippen LogP contribution in [0.2, 0.25) is 0 Å². The summed E-state index contributed by atoms with van der Waals surface area (Å²) in [5, 5.41) is 11.1. The van der Waals surface area contributed by atoms with Gasteiger partial charge in [0.1, 0.15) is 17.5 Å². The average molecular weight is 336 g/mol. The molecule has 2 rings (SSSR count). The second-order valence-corrected chi connectivity index (χ2v) is 5.13. The van der Waals surface area contributed by atoms with E-state index in [1.54, 1.807) is 36.3 Å². The van der Waals surface area contributed by atoms with E-state index in [4.69, 9.17) is 19.3 Å². The van der Waals surface area contributed by atoms with E-state index in [1.807, 2.05) is 0 Å². The molecule has 0 aliphatic carbocycles. The van der Waals surface area contributed by atoms with Crippen LogP contribution in [0.3, 0.4) is 0 Å². The highest BCUT2D eigenvalue weighted by Gasteiger charge is 2.47. The lowest BCUT2D eigenvalue weighted by molar-refractivity contribution is -0.149. The zero-order valence-electron chi connectivity index (χ0n) is 13.7. The first-order valence-corrected chi connectivity index (χ1v) is 7.22. The number of methoxy groups -OCH3 is 3. The largest absolute Gasteiger partial charge is 0.505 e. The van der Waals surface area contributed by atoms with Crippen molar-refractivity contribution in [2.75, 3.05) is 21.3 Å². The van der Waals surface area contributed by atoms with Crippen molar-refractivity contribution in [2.45, 2.75) is 18.6 Å². The van der Waals surface area contributed by atoms with Gasteiger partial charge in [-0.25, -0.2) is 4.79 Å². The Morgan fingerprint density at radius 3 is 2.67 bits per heavy atom. The van der Waals surface area contributed by atoms with Crippen molar-refractivity contribution in [1.29, 1.82) is 0 Å². The average Bonchev–Trinajstić information content (AvgIpc) is 2.59. The van der Waals surface area contributed by atoms with Gasteiger partial charge in [-0.2, -0.15) is 0 Å². The molecular formula is C16H20N2O6. The topological polar surface area (TPSA) is 97.3 Å². The number of ether oxygens (including phenoxy) is 3. The van der Waals surface area contributed by atoms with Gasteiger partial charge in [0, 0.05) is 11.6 Å². The number of hydrogen-bond donors (Lipinski definition) is 2. The Morgan fingerprint density at radius 1 is 1.33 bits per heavy atom. The number of rotatable bonds is 7. The molecule has 0 radical (unpaired) electrons. The van der Waals surface area contributed by atoms with E-state index < -0.39 is 18.2 Å². The van der Waals surface area contributed by atoms with Gasteiger partial charge < -0.3 is 29.5 Å². The summed E-state index contributed by atoms with van der Waals surface area (Å²) in [6, 6.07) is 4.06. The van der Waals surface area contributed by atoms with Crippen LogP contribution in [0.5, 0.6) is 11.5 Å². The number of hydrogen-bond acceptors (Lipinski definition) is 5. The summed E-state index contributed by atoms with van der Waals surface area (Å²) in [5.41, 5.74) is 0.788. The number of carbonyl (C=O) groups is 2. The Balaban J connectivity index is 2.19. The lowest BCUT2D eigenvalue weighted by Gasteiger charge is -2.45. The molecule has 1 aromatic rings. The van der Waals surface area contributed by atoms with E-state index in [1.165, 1.54) is 20.5 Å². The smallest absolute Gasteiger partial charge is 0.405 e. The Morgan fingerprint density at radius 2 is 2.08 bits per heavy atom. The second kappa shape index (κ2) is 7.58. The molecule has 1 aliphatic rings. The van der Waals surface area contributed by atoms with Crippen molar-refractivity contribution < 1.29 is 28.9 Å². The Bertz CT molecular complexity index is 645. The van der Waals surface area contributed by atoms with Crippen molar-refractivity contribution >= 4 is 12.0 Å². The monoisotopic (exact) mass is 336 g/mol. The summed E-state index contributed by atoms with van der Waals surface area (Å²) >= 11 is 0. The van der Waals surface area contributed by atoms with Crippen LogP contribution in [0, 0.1) is 0 Å². The van der Waals surface area contributed by atoms with Crippen molar-refractivity contribution in [2.24, 2.45) is 0 Å². The Hall–Kier alpha value is -2.90. The molecule has 0 spiro atoms. The molecule has 130 valence electrons. The van der Waals surface area contributed by atoms with Crippen LogP contribution in [0.25, 0.3) is 0 Å². The summed E-state index contributed by atoms with van der Waals surface area (Å²) in [5.74, 6) is 0.930. The molecule has 0 unspecified atom stereocenters. The molecule has 0 bridgehead atoms. The quantitative estimate of drug-likeness (QED) is 0.574. The van der Waals surface area contributed by atoms with E-state index in [2.05, 4.69) is 5.32 Å². The molecule has 0 saturated carbocycles. The van der Waals surface area contributed by atoms with E-state index >= 15 is 0 Å². The van der Waals surface area contributed by atoms with E-state index in [9.17, 15) is 9.59 Å². The van der Waals surface area contributed by atoms with Crippen molar-refractivity contribution in [3.63, 3.8) is 0 Å². The zero-order chi connectivity index (χ0) is 17.7. The molecule has 1 aromatic carbocycles. The molecule has 24 heavy (non-hydrogen) atoms. The minimum absolute atomic E-state index is 0.280. The molecule has 1 heterocycles. The fourth-order valence-corrected chi connectivity index (χ4v) is 2.57. The van der Waals surface area contributed by atoms with Gasteiger partial charge in [-0.05, 0) is 18.2 Å². The van der Waals surface area contributed by atoms with Gasteiger partial charge in [0.2, 0.25) is 5.91 Å². The number of nitrogens with zero attached hydrogens (tertiary/aromatic N) is 1. The number of β-lactam (4-membered cyclic amide) rings is 1. The summed E-state index contributed by atoms with van der Waals surface area (Å²) in [6.07, 6.45) is 1.81. The summed E-state index contributed by atoms with van der Waals surface area (Å²) < 4.78 is 15.4. The minimum Gasteiger partial charge on any atom is -0.505 e. The fourth-order valence-electron chi connectivity index (χ4n) is 2.57. The Labute approximate surface area is 139 Å². The number of benzene rings is 1. The van der Waals surface area contributed by atoms with Crippen LogP contribution in [0.15, 0.2) is 30.5 Å². The minimum atomic E-state index is -1.24. The van der Waals surface area contributed by atoms with Crippen LogP contribution in [-0.2, 0) is 16.1 Å². The molecule has 1 fully saturated rings. The molecule has 2 amide bonds. The van der Waals surface area contributed by atoms with Gasteiger partial charge in [0.05, 0.1) is 40.2 Å². The third-order valence-electron chi connectivity index (χ3n) is 3.78. The van der Waals surface area contributed by atoms with Gasteiger partial charge in [-0.1, -0.05) is 0 Å². The molecule has 2 N–H and O–H groups in total. The highest BCUT2D eigenvalue weighted by atomic mass is 16.5. The maximum Gasteiger partial charge on any atom is 0.405 e. The van der Waals surface area contributed by atoms with Crippen molar-refractivity contribution in [1.82, 2.24) is 10.2 Å². The van der Waals surface area contributed by atoms with Crippen molar-refractivity contribution in [3.8, 4) is 11.5 Å². The molecule has 8 heteroatoms. The fraction of sp³-hybridized carbons (Fsp3) is 0.375. The van der Waals surface area contributed by atoms with Crippen LogP contribution >= 0.6 is 0 Å². The third kappa shape index (κ3) is 3.53. The number of nitrogens with one attached hydrogen (secondary N) is 1. The number of carbonyl (C=O) groups excluding carboxylic acids is 1. The third-order valence-corrected chi connectivity index (χ3v) is 3.78. The molecule has 0 aromatic heterocycles. The first-order chi connectivity index (χ1) is 11.5. The lowest BCUT2D eigenvalue weighted by Crippen LogP contribution is -2.69. The van der Waals surface area contributed by atoms with Crippen LogP contribution in [0.1, 0.15) is 5.56 Å². The zero-order valence-corrected chi connectivity index (χ0v) is 13.7. The SMILES string of the molecule is COC=C[C@@H]1[C@H](NC(=O)O)C(=O)N1Cc1ccc(OC)cc1OC. The van der Waals surface area contributed by atoms with E-state index in [0.29, 0.717) is 11.5 Å². The predicted octanol–water partition coefficient (Wildman–Crippen LogP) is 1.21. The van der Waals surface area contributed by atoms with Gasteiger partial charge >= 0.3 is 6.09 Å². The molecular weight excluding hydrogens is 316 g/mol. The highest BCUT2D eigenvalue weighted by molar-refractivity contribution is 5.92. The summed E-state index contributed by atoms with van der Waals surface area (Å²) in [4.78, 5) is 24.6. The van der Waals surface area contributed by atoms with Crippen LogP contribution < -0.4 is 14.8 Å². The number of likely N-dealkylation sites (tertiary alicyclic amines) is 1. The van der Waals surface area contributed by atoms with Gasteiger partial charge in [-0.3, -0.25) is 4.79 Å². The molecule has 8 nitrogen and oxygen atoms in total. The molecule has 2 atom stereocenters. The second-order valence-electron chi connectivity index (χ2n) is 5.13. The van der Waals surface area contributed by atoms with E-state index in [-0.39, 0.29) is 12.5 Å². The number of amides is 2. The van der Waals surface area contributed by atoms with Gasteiger partial charge in [-0.15, -0.1) is 0 Å². The predicted molar refractivity (Wildman–Crippen MR) is 85.0 cm³/mol. The van der Waals surface area contributed by atoms with E-state index in [0.717, 1.165) is 5.56 Å². The maximum atomic E-state index is 12.3. The maximum absolute atomic E-state index is 12.3. The number of carboxylic acid groups (broad SMARTS) is 1. The van der Waals surface area contributed by atoms with Gasteiger partial charge in [0.25, 0.3) is 0 Å². The lowest BCUT2D eigenvalue weighted by atomic mass is 9.94. The highest BCUT2D eigenvalue weighted by Crippen LogP contribution is 2.30. The van der Waals surface area contributed by atoms with Gasteiger partial charge in [0.15, 0.2) is 0 Å². The first kappa shape index (κ1) is 17.5. The summed E-state index contributed by atoms with van der Waals surface area (Å²) in [7, 11) is 4.57. The molecule has 1 saturated heterocycles. The summed E-state index contributed by atoms with van der Waals surface area (Å²) in [6.45, 7) is 0.280. The van der Waals surface area contributed by atoms with Crippen LogP contribution in [-0.4, -0.2) is 55.4 Å².